The molecule has 3 heteroatoms. The summed E-state index contributed by atoms with van der Waals surface area (Å²) in [5, 5.41) is 3.59. The van der Waals surface area contributed by atoms with Crippen molar-refractivity contribution in [3.8, 4) is 0 Å². The first-order valence-corrected chi connectivity index (χ1v) is 7.14. The van der Waals surface area contributed by atoms with Crippen molar-refractivity contribution in [1.82, 2.24) is 10.2 Å². The van der Waals surface area contributed by atoms with Crippen molar-refractivity contribution in [3.63, 3.8) is 0 Å². The van der Waals surface area contributed by atoms with E-state index >= 15 is 0 Å². The van der Waals surface area contributed by atoms with Crippen LogP contribution in [-0.2, 0) is 4.74 Å². The summed E-state index contributed by atoms with van der Waals surface area (Å²) in [6.07, 6.45) is 2.86. The Hall–Kier alpha value is -0.120. The van der Waals surface area contributed by atoms with Gasteiger partial charge in [0.05, 0.1) is 6.10 Å². The third-order valence-corrected chi connectivity index (χ3v) is 4.29. The van der Waals surface area contributed by atoms with Crippen molar-refractivity contribution in [1.29, 1.82) is 0 Å². The monoisotopic (exact) mass is 242 g/mol. The molecule has 102 valence electrons. The molecule has 1 heterocycles. The lowest BCUT2D eigenvalue weighted by Crippen LogP contribution is -2.54. The molecular formula is C14H30N2O. The Labute approximate surface area is 107 Å². The number of piperidine rings is 1. The normalized spacial score (nSPS) is 30.2. The molecule has 0 aliphatic carbocycles. The van der Waals surface area contributed by atoms with Crippen LogP contribution in [0.5, 0.6) is 0 Å². The van der Waals surface area contributed by atoms with E-state index in [1.807, 2.05) is 7.11 Å². The lowest BCUT2D eigenvalue weighted by atomic mass is 9.93. The van der Waals surface area contributed by atoms with Crippen LogP contribution in [0.4, 0.5) is 0 Å². The van der Waals surface area contributed by atoms with Crippen LogP contribution in [0.25, 0.3) is 0 Å². The summed E-state index contributed by atoms with van der Waals surface area (Å²) in [5.41, 5.74) is 0. The number of hydrogen-bond acceptors (Lipinski definition) is 3. The molecule has 1 saturated heterocycles. The standard InChI is InChI=1S/C14H30N2O/c1-6-13(15-7-2)12(4)16-9-8-11(3)14(10-16)17-5/h11-15H,6-10H2,1-5H3. The van der Waals surface area contributed by atoms with Gasteiger partial charge in [-0.25, -0.2) is 0 Å². The second kappa shape index (κ2) is 7.34. The smallest absolute Gasteiger partial charge is 0.0724 e. The molecule has 3 nitrogen and oxygen atoms in total. The highest BCUT2D eigenvalue weighted by Crippen LogP contribution is 2.22. The van der Waals surface area contributed by atoms with Crippen LogP contribution in [0.3, 0.4) is 0 Å². The Morgan fingerprint density at radius 1 is 1.41 bits per heavy atom. The maximum atomic E-state index is 5.60. The van der Waals surface area contributed by atoms with Crippen molar-refractivity contribution in [2.24, 2.45) is 5.92 Å². The minimum atomic E-state index is 0.408. The zero-order chi connectivity index (χ0) is 12.8. The molecule has 0 aromatic heterocycles. The van der Waals surface area contributed by atoms with Crippen LogP contribution in [0.2, 0.25) is 0 Å². The van der Waals surface area contributed by atoms with Crippen LogP contribution >= 0.6 is 0 Å². The Balaban J connectivity index is 2.53. The van der Waals surface area contributed by atoms with Gasteiger partial charge in [0.25, 0.3) is 0 Å². The number of nitrogens with one attached hydrogen (secondary N) is 1. The van der Waals surface area contributed by atoms with Crippen molar-refractivity contribution in [2.45, 2.75) is 58.7 Å². The number of nitrogens with zero attached hydrogens (tertiary/aromatic N) is 1. The number of likely N-dealkylation sites (N-methyl/N-ethyl adjacent to an activating group) is 1. The molecule has 1 aliphatic heterocycles. The number of likely N-dealkylation sites (tertiary alicyclic amines) is 1. The van der Waals surface area contributed by atoms with Crippen molar-refractivity contribution in [3.05, 3.63) is 0 Å². The predicted molar refractivity (Wildman–Crippen MR) is 73.4 cm³/mol. The second-order valence-electron chi connectivity index (χ2n) is 5.35. The molecule has 17 heavy (non-hydrogen) atoms. The van der Waals surface area contributed by atoms with Crippen LogP contribution in [0.15, 0.2) is 0 Å². The van der Waals surface area contributed by atoms with Crippen molar-refractivity contribution < 1.29 is 4.74 Å². The second-order valence-corrected chi connectivity index (χ2v) is 5.35. The average molecular weight is 242 g/mol. The van der Waals surface area contributed by atoms with Gasteiger partial charge < -0.3 is 10.1 Å². The fourth-order valence-electron chi connectivity index (χ4n) is 2.91. The Morgan fingerprint density at radius 2 is 2.12 bits per heavy atom. The van der Waals surface area contributed by atoms with Crippen molar-refractivity contribution >= 4 is 0 Å². The molecule has 0 amide bonds. The van der Waals surface area contributed by atoms with Crippen LogP contribution < -0.4 is 5.32 Å². The van der Waals surface area contributed by atoms with Gasteiger partial charge in [0.1, 0.15) is 0 Å². The van der Waals surface area contributed by atoms with Gasteiger partial charge >= 0.3 is 0 Å². The summed E-state index contributed by atoms with van der Waals surface area (Å²) < 4.78 is 5.60. The molecule has 4 unspecified atom stereocenters. The summed E-state index contributed by atoms with van der Waals surface area (Å²) in [6.45, 7) is 12.5. The summed E-state index contributed by atoms with van der Waals surface area (Å²) in [7, 11) is 1.84. The van der Waals surface area contributed by atoms with E-state index in [1.165, 1.54) is 19.4 Å². The lowest BCUT2D eigenvalue weighted by Gasteiger charge is -2.42. The largest absolute Gasteiger partial charge is 0.380 e. The van der Waals surface area contributed by atoms with Crippen LogP contribution in [0, 0.1) is 5.92 Å². The molecule has 1 N–H and O–H groups in total. The molecule has 0 bridgehead atoms. The minimum Gasteiger partial charge on any atom is -0.380 e. The molecule has 1 rings (SSSR count). The van der Waals surface area contributed by atoms with Gasteiger partial charge in [-0.15, -0.1) is 0 Å². The first-order chi connectivity index (χ1) is 8.13. The highest BCUT2D eigenvalue weighted by Gasteiger charge is 2.30. The van der Waals surface area contributed by atoms with Gasteiger partial charge in [-0.1, -0.05) is 20.8 Å². The number of ether oxygens (including phenoxy) is 1. The Kier molecular flexibility index (Phi) is 6.45. The lowest BCUT2D eigenvalue weighted by molar-refractivity contribution is -0.0217. The predicted octanol–water partition coefficient (Wildman–Crippen LogP) is 2.12. The zero-order valence-electron chi connectivity index (χ0n) is 12.2. The summed E-state index contributed by atoms with van der Waals surface area (Å²) >= 11 is 0. The van der Waals surface area contributed by atoms with Gasteiger partial charge in [0, 0.05) is 25.7 Å². The Bertz CT molecular complexity index is 210. The third-order valence-electron chi connectivity index (χ3n) is 4.29. The highest BCUT2D eigenvalue weighted by atomic mass is 16.5. The van der Waals surface area contributed by atoms with E-state index in [1.54, 1.807) is 0 Å². The number of hydrogen-bond donors (Lipinski definition) is 1. The fourth-order valence-corrected chi connectivity index (χ4v) is 2.91. The number of rotatable bonds is 6. The van der Waals surface area contributed by atoms with E-state index in [4.69, 9.17) is 4.74 Å². The van der Waals surface area contributed by atoms with Gasteiger partial charge in [0.15, 0.2) is 0 Å². The summed E-state index contributed by atoms with van der Waals surface area (Å²) in [6, 6.07) is 1.20. The molecule has 0 aromatic carbocycles. The zero-order valence-corrected chi connectivity index (χ0v) is 12.2. The minimum absolute atomic E-state index is 0.408. The summed E-state index contributed by atoms with van der Waals surface area (Å²) in [5.74, 6) is 0.697. The van der Waals surface area contributed by atoms with E-state index in [9.17, 15) is 0 Å². The fraction of sp³-hybridized carbons (Fsp3) is 1.00. The van der Waals surface area contributed by atoms with Gasteiger partial charge in [0.2, 0.25) is 0 Å². The van der Waals surface area contributed by atoms with E-state index in [-0.39, 0.29) is 0 Å². The van der Waals surface area contributed by atoms with Crippen LogP contribution in [0.1, 0.15) is 40.5 Å². The maximum absolute atomic E-state index is 5.60. The van der Waals surface area contributed by atoms with E-state index < -0.39 is 0 Å². The van der Waals surface area contributed by atoms with Gasteiger partial charge in [-0.2, -0.15) is 0 Å². The number of methoxy groups -OCH3 is 1. The third kappa shape index (κ3) is 3.94. The van der Waals surface area contributed by atoms with Gasteiger partial charge in [-0.05, 0) is 38.8 Å². The van der Waals surface area contributed by atoms with Crippen molar-refractivity contribution in [2.75, 3.05) is 26.7 Å². The summed E-state index contributed by atoms with van der Waals surface area (Å²) in [4.78, 5) is 2.59. The topological polar surface area (TPSA) is 24.5 Å². The van der Waals surface area contributed by atoms with E-state index in [0.717, 1.165) is 13.1 Å². The van der Waals surface area contributed by atoms with Gasteiger partial charge in [-0.3, -0.25) is 4.90 Å². The average Bonchev–Trinajstić information content (AvgIpc) is 2.35. The molecule has 4 atom stereocenters. The SMILES string of the molecule is CCNC(CC)C(C)N1CCC(C)C(OC)C1. The molecule has 0 spiro atoms. The molecule has 0 aromatic rings. The quantitative estimate of drug-likeness (QED) is 0.772. The molecule has 0 radical (unpaired) electrons. The van der Waals surface area contributed by atoms with E-state index in [2.05, 4.69) is 37.9 Å². The maximum Gasteiger partial charge on any atom is 0.0724 e. The highest BCUT2D eigenvalue weighted by molar-refractivity contribution is 4.86. The molecule has 1 fully saturated rings. The Morgan fingerprint density at radius 3 is 2.65 bits per heavy atom. The van der Waals surface area contributed by atoms with E-state index in [0.29, 0.717) is 24.1 Å². The molecule has 1 aliphatic rings. The molecule has 0 saturated carbocycles. The first-order valence-electron chi connectivity index (χ1n) is 7.14. The van der Waals surface area contributed by atoms with Crippen LogP contribution in [-0.4, -0.2) is 49.8 Å². The molecular weight excluding hydrogens is 212 g/mol. The first kappa shape index (κ1) is 14.9.